The van der Waals surface area contributed by atoms with Gasteiger partial charge in [-0.05, 0) is 25.3 Å². The molecule has 18 heavy (non-hydrogen) atoms. The predicted molar refractivity (Wildman–Crippen MR) is 76.0 cm³/mol. The second-order valence-electron chi connectivity index (χ2n) is 4.31. The summed E-state index contributed by atoms with van der Waals surface area (Å²) in [5, 5.41) is 0.552. The average Bonchev–Trinajstić information content (AvgIpc) is 2.42. The standard InChI is InChI=1S/C15H17ClN2/c1-4-11-6-8-12(9-7-11)15-17-13(5-2)10(3)14(16)18-15/h6-9H,4-5H2,1-3H3. The second kappa shape index (κ2) is 5.49. The van der Waals surface area contributed by atoms with Crippen LogP contribution in [0.25, 0.3) is 11.4 Å². The Morgan fingerprint density at radius 3 is 2.22 bits per heavy atom. The van der Waals surface area contributed by atoms with Crippen LogP contribution in [0.4, 0.5) is 0 Å². The lowest BCUT2D eigenvalue weighted by molar-refractivity contribution is 0.976. The Morgan fingerprint density at radius 1 is 1.00 bits per heavy atom. The molecule has 1 aromatic carbocycles. The molecule has 0 aliphatic heterocycles. The molecule has 2 aromatic rings. The van der Waals surface area contributed by atoms with Crippen molar-refractivity contribution in [1.82, 2.24) is 9.97 Å². The smallest absolute Gasteiger partial charge is 0.161 e. The lowest BCUT2D eigenvalue weighted by Crippen LogP contribution is -1.99. The van der Waals surface area contributed by atoms with Crippen molar-refractivity contribution in [2.24, 2.45) is 0 Å². The van der Waals surface area contributed by atoms with Crippen LogP contribution in [0, 0.1) is 6.92 Å². The van der Waals surface area contributed by atoms with Gasteiger partial charge in [0.25, 0.3) is 0 Å². The van der Waals surface area contributed by atoms with Gasteiger partial charge in [-0.1, -0.05) is 49.7 Å². The number of halogens is 1. The molecule has 2 rings (SSSR count). The van der Waals surface area contributed by atoms with Gasteiger partial charge in [-0.15, -0.1) is 0 Å². The topological polar surface area (TPSA) is 25.8 Å². The Balaban J connectivity index is 2.46. The SMILES string of the molecule is CCc1ccc(-c2nc(Cl)c(C)c(CC)n2)cc1. The average molecular weight is 261 g/mol. The third-order valence-electron chi connectivity index (χ3n) is 3.14. The van der Waals surface area contributed by atoms with Crippen LogP contribution in [-0.4, -0.2) is 9.97 Å². The first-order valence-corrected chi connectivity index (χ1v) is 6.65. The fourth-order valence-corrected chi connectivity index (χ4v) is 2.08. The molecule has 3 heteroatoms. The quantitative estimate of drug-likeness (QED) is 0.772. The van der Waals surface area contributed by atoms with Crippen LogP contribution >= 0.6 is 11.6 Å². The van der Waals surface area contributed by atoms with E-state index in [9.17, 15) is 0 Å². The van der Waals surface area contributed by atoms with Crippen LogP contribution in [0.15, 0.2) is 24.3 Å². The highest BCUT2D eigenvalue weighted by Crippen LogP contribution is 2.22. The summed E-state index contributed by atoms with van der Waals surface area (Å²) < 4.78 is 0. The Bertz CT molecular complexity index is 547. The number of rotatable bonds is 3. The van der Waals surface area contributed by atoms with Crippen molar-refractivity contribution in [2.75, 3.05) is 0 Å². The molecule has 0 spiro atoms. The minimum absolute atomic E-state index is 0.552. The molecule has 1 heterocycles. The molecule has 0 N–H and O–H groups in total. The molecule has 94 valence electrons. The highest BCUT2D eigenvalue weighted by Gasteiger charge is 2.09. The van der Waals surface area contributed by atoms with Crippen LogP contribution in [0.3, 0.4) is 0 Å². The summed E-state index contributed by atoms with van der Waals surface area (Å²) in [5.74, 6) is 0.713. The maximum atomic E-state index is 6.16. The van der Waals surface area contributed by atoms with E-state index in [2.05, 4.69) is 48.1 Å². The van der Waals surface area contributed by atoms with Crippen molar-refractivity contribution < 1.29 is 0 Å². The van der Waals surface area contributed by atoms with Crippen LogP contribution in [0.1, 0.15) is 30.7 Å². The van der Waals surface area contributed by atoms with Gasteiger partial charge >= 0.3 is 0 Å². The van der Waals surface area contributed by atoms with Crippen molar-refractivity contribution in [1.29, 1.82) is 0 Å². The molecule has 0 atom stereocenters. The molecule has 0 fully saturated rings. The summed E-state index contributed by atoms with van der Waals surface area (Å²) in [4.78, 5) is 8.94. The lowest BCUT2D eigenvalue weighted by atomic mass is 10.1. The van der Waals surface area contributed by atoms with E-state index in [0.717, 1.165) is 29.7 Å². The molecule has 0 unspecified atom stereocenters. The predicted octanol–water partition coefficient (Wildman–Crippen LogP) is 4.23. The van der Waals surface area contributed by atoms with Gasteiger partial charge < -0.3 is 0 Å². The number of benzene rings is 1. The fourth-order valence-electron chi connectivity index (χ4n) is 1.90. The summed E-state index contributed by atoms with van der Waals surface area (Å²) >= 11 is 6.16. The zero-order valence-corrected chi connectivity index (χ0v) is 11.8. The third-order valence-corrected chi connectivity index (χ3v) is 3.51. The third kappa shape index (κ3) is 2.54. The van der Waals surface area contributed by atoms with Gasteiger partial charge in [0.2, 0.25) is 0 Å². The van der Waals surface area contributed by atoms with Gasteiger partial charge in [0.05, 0.1) is 0 Å². The maximum Gasteiger partial charge on any atom is 0.161 e. The second-order valence-corrected chi connectivity index (χ2v) is 4.67. The Labute approximate surface area is 113 Å². The van der Waals surface area contributed by atoms with Crippen LogP contribution in [0.5, 0.6) is 0 Å². The molecule has 0 saturated heterocycles. The van der Waals surface area contributed by atoms with Crippen LogP contribution < -0.4 is 0 Å². The minimum Gasteiger partial charge on any atom is -0.233 e. The molecule has 1 aromatic heterocycles. The van der Waals surface area contributed by atoms with E-state index < -0.39 is 0 Å². The van der Waals surface area contributed by atoms with E-state index >= 15 is 0 Å². The monoisotopic (exact) mass is 260 g/mol. The first-order chi connectivity index (χ1) is 8.65. The molecule has 2 nitrogen and oxygen atoms in total. The Morgan fingerprint density at radius 2 is 1.67 bits per heavy atom. The van der Waals surface area contributed by atoms with Gasteiger partial charge in [-0.3, -0.25) is 0 Å². The van der Waals surface area contributed by atoms with Crippen molar-refractivity contribution in [3.63, 3.8) is 0 Å². The van der Waals surface area contributed by atoms with Crippen molar-refractivity contribution in [3.05, 3.63) is 46.2 Å². The van der Waals surface area contributed by atoms with Crippen molar-refractivity contribution in [2.45, 2.75) is 33.6 Å². The maximum absolute atomic E-state index is 6.16. The van der Waals surface area contributed by atoms with E-state index in [1.54, 1.807) is 0 Å². The minimum atomic E-state index is 0.552. The van der Waals surface area contributed by atoms with Crippen LogP contribution in [0.2, 0.25) is 5.15 Å². The van der Waals surface area contributed by atoms with E-state index in [1.165, 1.54) is 5.56 Å². The molecular formula is C15H17ClN2. The van der Waals surface area contributed by atoms with E-state index in [4.69, 9.17) is 11.6 Å². The van der Waals surface area contributed by atoms with Gasteiger partial charge in [-0.25, -0.2) is 9.97 Å². The first-order valence-electron chi connectivity index (χ1n) is 6.28. The largest absolute Gasteiger partial charge is 0.233 e. The highest BCUT2D eigenvalue weighted by molar-refractivity contribution is 6.30. The molecule has 0 radical (unpaired) electrons. The van der Waals surface area contributed by atoms with Gasteiger partial charge in [0.15, 0.2) is 5.82 Å². The molecule has 0 saturated carbocycles. The van der Waals surface area contributed by atoms with Crippen LogP contribution in [-0.2, 0) is 12.8 Å². The lowest BCUT2D eigenvalue weighted by Gasteiger charge is -2.08. The normalized spacial score (nSPS) is 10.7. The zero-order valence-electron chi connectivity index (χ0n) is 11.0. The highest BCUT2D eigenvalue weighted by atomic mass is 35.5. The van der Waals surface area contributed by atoms with Gasteiger partial charge in [0.1, 0.15) is 5.15 Å². The molecule has 0 amide bonds. The molecule has 0 bridgehead atoms. The summed E-state index contributed by atoms with van der Waals surface area (Å²) in [5.41, 5.74) is 4.33. The Hall–Kier alpha value is -1.41. The molecular weight excluding hydrogens is 244 g/mol. The number of nitrogens with zero attached hydrogens (tertiary/aromatic N) is 2. The number of hydrogen-bond acceptors (Lipinski definition) is 2. The number of aryl methyl sites for hydroxylation is 2. The number of hydrogen-bond donors (Lipinski definition) is 0. The first kappa shape index (κ1) is 13.0. The summed E-state index contributed by atoms with van der Waals surface area (Å²) in [6, 6.07) is 8.33. The number of aromatic nitrogens is 2. The van der Waals surface area contributed by atoms with E-state index in [0.29, 0.717) is 11.0 Å². The molecule has 0 aliphatic carbocycles. The van der Waals surface area contributed by atoms with Gasteiger partial charge in [-0.2, -0.15) is 0 Å². The summed E-state index contributed by atoms with van der Waals surface area (Å²) in [7, 11) is 0. The van der Waals surface area contributed by atoms with Gasteiger partial charge in [0, 0.05) is 16.8 Å². The zero-order chi connectivity index (χ0) is 13.1. The molecule has 0 aliphatic rings. The van der Waals surface area contributed by atoms with E-state index in [-0.39, 0.29) is 0 Å². The van der Waals surface area contributed by atoms with Crippen molar-refractivity contribution in [3.8, 4) is 11.4 Å². The summed E-state index contributed by atoms with van der Waals surface area (Å²) in [6.45, 7) is 6.18. The Kier molecular flexibility index (Phi) is 3.97. The van der Waals surface area contributed by atoms with E-state index in [1.807, 2.05) is 6.92 Å². The van der Waals surface area contributed by atoms with Crippen molar-refractivity contribution >= 4 is 11.6 Å². The summed E-state index contributed by atoms with van der Waals surface area (Å²) in [6.07, 6.45) is 1.91. The fraction of sp³-hybridized carbons (Fsp3) is 0.333.